The maximum Gasteiger partial charge on any atom is 0.148 e. The SMILES string of the molecule is N#Cc1cnc(C2CC2)nc1NC1CCCc2sc(C3CCC3)nc21. The molecule has 1 unspecified atom stereocenters. The van der Waals surface area contributed by atoms with Gasteiger partial charge in [-0.2, -0.15) is 5.26 Å². The van der Waals surface area contributed by atoms with Gasteiger partial charge in [-0.3, -0.25) is 0 Å². The average Bonchev–Trinajstić information content (AvgIpc) is 3.34. The lowest BCUT2D eigenvalue weighted by atomic mass is 9.86. The minimum absolute atomic E-state index is 0.169. The van der Waals surface area contributed by atoms with Crippen LogP contribution in [0.5, 0.6) is 0 Å². The Morgan fingerprint density at radius 1 is 1.08 bits per heavy atom. The van der Waals surface area contributed by atoms with Crippen LogP contribution in [0.2, 0.25) is 0 Å². The molecule has 2 fully saturated rings. The number of nitrogens with zero attached hydrogens (tertiary/aromatic N) is 4. The van der Waals surface area contributed by atoms with E-state index in [1.807, 2.05) is 11.3 Å². The normalized spacial score (nSPS) is 22.8. The summed E-state index contributed by atoms with van der Waals surface area (Å²) in [6, 6.07) is 2.40. The Labute approximate surface area is 151 Å². The lowest BCUT2D eigenvalue weighted by Crippen LogP contribution is -2.19. The van der Waals surface area contributed by atoms with Crippen LogP contribution in [0, 0.1) is 11.3 Å². The van der Waals surface area contributed by atoms with Crippen molar-refractivity contribution in [2.24, 2.45) is 0 Å². The fraction of sp³-hybridized carbons (Fsp3) is 0.579. The molecule has 0 amide bonds. The first-order valence-electron chi connectivity index (χ1n) is 9.35. The molecule has 2 aromatic heterocycles. The average molecular weight is 351 g/mol. The smallest absolute Gasteiger partial charge is 0.148 e. The van der Waals surface area contributed by atoms with Gasteiger partial charge in [-0.1, -0.05) is 6.42 Å². The standard InChI is InChI=1S/C19H21N5S/c20-9-13-10-21-17(11-7-8-11)24-18(13)22-14-5-2-6-15-16(14)23-19(25-15)12-3-1-4-12/h10-12,14H,1-8H2,(H,21,22,24). The summed E-state index contributed by atoms with van der Waals surface area (Å²) in [6.45, 7) is 0. The molecule has 1 N–H and O–H groups in total. The molecule has 3 aliphatic carbocycles. The Bertz CT molecular complexity index is 844. The molecule has 0 spiro atoms. The highest BCUT2D eigenvalue weighted by Crippen LogP contribution is 2.43. The Kier molecular flexibility index (Phi) is 3.70. The highest BCUT2D eigenvalue weighted by molar-refractivity contribution is 7.11. The lowest BCUT2D eigenvalue weighted by molar-refractivity contribution is 0.417. The number of nitriles is 1. The Morgan fingerprint density at radius 2 is 1.96 bits per heavy atom. The maximum atomic E-state index is 9.42. The van der Waals surface area contributed by atoms with Gasteiger partial charge < -0.3 is 5.32 Å². The van der Waals surface area contributed by atoms with E-state index in [4.69, 9.17) is 4.98 Å². The van der Waals surface area contributed by atoms with Gasteiger partial charge in [-0.25, -0.2) is 15.0 Å². The number of hydrogen-bond acceptors (Lipinski definition) is 6. The quantitative estimate of drug-likeness (QED) is 0.881. The topological polar surface area (TPSA) is 74.5 Å². The molecule has 0 saturated heterocycles. The monoisotopic (exact) mass is 351 g/mol. The van der Waals surface area contributed by atoms with E-state index in [1.165, 1.54) is 41.3 Å². The molecule has 2 heterocycles. The van der Waals surface area contributed by atoms with Gasteiger partial charge >= 0.3 is 0 Å². The minimum atomic E-state index is 0.169. The zero-order valence-corrected chi connectivity index (χ0v) is 15.0. The van der Waals surface area contributed by atoms with Crippen LogP contribution in [0.25, 0.3) is 0 Å². The van der Waals surface area contributed by atoms with Gasteiger partial charge in [0.05, 0.1) is 22.9 Å². The largest absolute Gasteiger partial charge is 0.360 e. The van der Waals surface area contributed by atoms with Crippen molar-refractivity contribution < 1.29 is 0 Å². The second-order valence-electron chi connectivity index (χ2n) is 7.45. The molecule has 0 radical (unpaired) electrons. The second-order valence-corrected chi connectivity index (χ2v) is 8.57. The van der Waals surface area contributed by atoms with Crippen LogP contribution in [-0.4, -0.2) is 15.0 Å². The molecule has 0 aliphatic heterocycles. The number of thiazole rings is 1. The number of anilines is 1. The first-order chi connectivity index (χ1) is 12.3. The third kappa shape index (κ3) is 2.81. The van der Waals surface area contributed by atoms with Gasteiger partial charge in [0, 0.05) is 16.7 Å². The van der Waals surface area contributed by atoms with Crippen LogP contribution in [0.15, 0.2) is 6.20 Å². The molecule has 5 rings (SSSR count). The molecule has 0 aromatic carbocycles. The van der Waals surface area contributed by atoms with Crippen molar-refractivity contribution in [1.29, 1.82) is 5.26 Å². The fourth-order valence-corrected chi connectivity index (χ4v) is 5.04. The zero-order chi connectivity index (χ0) is 16.8. The van der Waals surface area contributed by atoms with Crippen molar-refractivity contribution in [3.63, 3.8) is 0 Å². The van der Waals surface area contributed by atoms with Gasteiger partial charge in [-0.15, -0.1) is 11.3 Å². The van der Waals surface area contributed by atoms with Gasteiger partial charge in [0.15, 0.2) is 0 Å². The Morgan fingerprint density at radius 3 is 2.68 bits per heavy atom. The summed E-state index contributed by atoms with van der Waals surface area (Å²) >= 11 is 1.91. The highest BCUT2D eigenvalue weighted by atomic mass is 32.1. The van der Waals surface area contributed by atoms with Gasteiger partial charge in [0.2, 0.25) is 0 Å². The van der Waals surface area contributed by atoms with Crippen molar-refractivity contribution in [3.05, 3.63) is 33.2 Å². The summed E-state index contributed by atoms with van der Waals surface area (Å²) in [6.07, 6.45) is 11.3. The molecule has 6 heteroatoms. The maximum absolute atomic E-state index is 9.42. The fourth-order valence-electron chi connectivity index (χ4n) is 3.70. The summed E-state index contributed by atoms with van der Waals surface area (Å²) in [5.41, 5.74) is 1.74. The van der Waals surface area contributed by atoms with Gasteiger partial charge in [0.25, 0.3) is 0 Å². The zero-order valence-electron chi connectivity index (χ0n) is 14.2. The van der Waals surface area contributed by atoms with E-state index in [2.05, 4.69) is 21.4 Å². The number of aryl methyl sites for hydroxylation is 1. The van der Waals surface area contributed by atoms with Gasteiger partial charge in [0.1, 0.15) is 23.3 Å². The van der Waals surface area contributed by atoms with E-state index in [0.717, 1.165) is 31.5 Å². The van der Waals surface area contributed by atoms with Crippen LogP contribution in [0.1, 0.15) is 89.8 Å². The highest BCUT2D eigenvalue weighted by Gasteiger charge is 2.31. The summed E-state index contributed by atoms with van der Waals surface area (Å²) in [5.74, 6) is 2.74. The Balaban J connectivity index is 1.44. The van der Waals surface area contributed by atoms with E-state index < -0.39 is 0 Å². The number of rotatable bonds is 4. The van der Waals surface area contributed by atoms with Crippen molar-refractivity contribution in [2.75, 3.05) is 5.32 Å². The summed E-state index contributed by atoms with van der Waals surface area (Å²) in [7, 11) is 0. The molecular formula is C19H21N5S. The van der Waals surface area contributed by atoms with E-state index in [-0.39, 0.29) is 6.04 Å². The minimum Gasteiger partial charge on any atom is -0.360 e. The predicted octanol–water partition coefficient (Wildman–Crippen LogP) is 4.44. The lowest BCUT2D eigenvalue weighted by Gasteiger charge is -2.24. The first-order valence-corrected chi connectivity index (χ1v) is 10.2. The summed E-state index contributed by atoms with van der Waals surface area (Å²) < 4.78 is 0. The van der Waals surface area contributed by atoms with Gasteiger partial charge in [-0.05, 0) is 44.9 Å². The molecular weight excluding hydrogens is 330 g/mol. The van der Waals surface area contributed by atoms with Crippen LogP contribution < -0.4 is 5.32 Å². The van der Waals surface area contributed by atoms with Crippen LogP contribution in [-0.2, 0) is 6.42 Å². The number of nitrogens with one attached hydrogen (secondary N) is 1. The third-order valence-corrected chi connectivity index (χ3v) is 6.90. The summed E-state index contributed by atoms with van der Waals surface area (Å²) in [5, 5.41) is 14.3. The van der Waals surface area contributed by atoms with E-state index >= 15 is 0 Å². The van der Waals surface area contributed by atoms with Crippen molar-refractivity contribution in [3.8, 4) is 6.07 Å². The van der Waals surface area contributed by atoms with Crippen molar-refractivity contribution in [2.45, 2.75) is 69.2 Å². The Hall–Kier alpha value is -2.00. The van der Waals surface area contributed by atoms with Crippen molar-refractivity contribution in [1.82, 2.24) is 15.0 Å². The van der Waals surface area contributed by atoms with Crippen LogP contribution >= 0.6 is 11.3 Å². The van der Waals surface area contributed by atoms with E-state index in [0.29, 0.717) is 23.2 Å². The molecule has 1 atom stereocenters. The van der Waals surface area contributed by atoms with Crippen LogP contribution in [0.4, 0.5) is 5.82 Å². The molecule has 3 aliphatic rings. The number of aromatic nitrogens is 3. The number of fused-ring (bicyclic) bond motifs is 1. The molecule has 128 valence electrons. The molecule has 0 bridgehead atoms. The predicted molar refractivity (Wildman–Crippen MR) is 96.7 cm³/mol. The molecule has 2 aromatic rings. The van der Waals surface area contributed by atoms with Crippen LogP contribution in [0.3, 0.4) is 0 Å². The second kappa shape index (κ2) is 6.06. The molecule has 2 saturated carbocycles. The molecule has 25 heavy (non-hydrogen) atoms. The van der Waals surface area contributed by atoms with Crippen molar-refractivity contribution >= 4 is 17.2 Å². The third-order valence-electron chi connectivity index (χ3n) is 5.61. The first kappa shape index (κ1) is 15.3. The van der Waals surface area contributed by atoms with E-state index in [9.17, 15) is 5.26 Å². The summed E-state index contributed by atoms with van der Waals surface area (Å²) in [4.78, 5) is 15.5. The number of hydrogen-bond donors (Lipinski definition) is 1. The molecule has 5 nitrogen and oxygen atoms in total. The van der Waals surface area contributed by atoms with E-state index in [1.54, 1.807) is 6.20 Å².